The first-order valence-corrected chi connectivity index (χ1v) is 18.1. The van der Waals surface area contributed by atoms with E-state index >= 15 is 0 Å². The molecule has 16 unspecified atom stereocenters. The number of methoxy groups -OCH3 is 1. The molecule has 15 heteroatoms. The number of nitrogens with zero attached hydrogens (tertiary/aromatic N) is 1. The van der Waals surface area contributed by atoms with Crippen molar-refractivity contribution >= 4 is 18.2 Å². The minimum atomic E-state index is -1.47. The lowest BCUT2D eigenvalue weighted by Gasteiger charge is -2.50. The van der Waals surface area contributed by atoms with Crippen molar-refractivity contribution in [3.05, 3.63) is 24.3 Å². The zero-order chi connectivity index (χ0) is 38.9. The van der Waals surface area contributed by atoms with Crippen molar-refractivity contribution in [2.24, 2.45) is 11.8 Å². The molecule has 3 heterocycles. The number of aldehydes is 1. The minimum Gasteiger partial charge on any atom is -0.462 e. The van der Waals surface area contributed by atoms with Crippen LogP contribution in [0.4, 0.5) is 0 Å². The molecule has 0 aliphatic carbocycles. The number of carbonyl (C=O) groups is 3. The second kappa shape index (κ2) is 19.9. The normalized spacial score (nSPS) is 44.0. The maximum absolute atomic E-state index is 12.9. The van der Waals surface area contributed by atoms with Crippen LogP contribution in [0.3, 0.4) is 0 Å². The summed E-state index contributed by atoms with van der Waals surface area (Å²) in [6.07, 6.45) is -4.09. The summed E-state index contributed by atoms with van der Waals surface area (Å²) in [5, 5.41) is 45.4. The van der Waals surface area contributed by atoms with Crippen molar-refractivity contribution in [1.29, 1.82) is 0 Å². The molecular formula is C37H61NO14. The third-order valence-corrected chi connectivity index (χ3v) is 10.1. The lowest BCUT2D eigenvalue weighted by atomic mass is 9.82. The Morgan fingerprint density at radius 2 is 1.73 bits per heavy atom. The number of esters is 2. The molecule has 2 saturated heterocycles. The van der Waals surface area contributed by atoms with Gasteiger partial charge in [0.25, 0.3) is 0 Å². The van der Waals surface area contributed by atoms with E-state index in [1.165, 1.54) is 21.0 Å². The molecule has 3 aliphatic rings. The molecule has 0 spiro atoms. The van der Waals surface area contributed by atoms with Crippen LogP contribution in [0.15, 0.2) is 24.3 Å². The third kappa shape index (κ3) is 11.8. The smallest absolute Gasteiger partial charge is 0.308 e. The monoisotopic (exact) mass is 743 g/mol. The first kappa shape index (κ1) is 44.1. The Kier molecular flexibility index (Phi) is 16.8. The predicted octanol–water partition coefficient (Wildman–Crippen LogP) is 1.42. The van der Waals surface area contributed by atoms with Gasteiger partial charge in [0.05, 0.1) is 43.0 Å². The van der Waals surface area contributed by atoms with E-state index in [0.717, 1.165) is 0 Å². The van der Waals surface area contributed by atoms with E-state index in [9.17, 15) is 34.8 Å². The van der Waals surface area contributed by atoms with Crippen LogP contribution in [0.5, 0.6) is 0 Å². The number of ether oxygens (including phenoxy) is 7. The topological polar surface area (TPSA) is 200 Å². The number of hydrogen-bond donors (Lipinski definition) is 4. The van der Waals surface area contributed by atoms with Gasteiger partial charge in [0.2, 0.25) is 0 Å². The van der Waals surface area contributed by atoms with Crippen molar-refractivity contribution < 1.29 is 68.0 Å². The van der Waals surface area contributed by atoms with Gasteiger partial charge >= 0.3 is 11.9 Å². The van der Waals surface area contributed by atoms with E-state index < -0.39 is 110 Å². The molecule has 16 atom stereocenters. The Morgan fingerprint density at radius 3 is 2.33 bits per heavy atom. The molecule has 4 N–H and O–H groups in total. The number of aliphatic hydroxyl groups excluding tert-OH is 3. The van der Waals surface area contributed by atoms with E-state index in [-0.39, 0.29) is 25.2 Å². The molecule has 3 aliphatic heterocycles. The highest BCUT2D eigenvalue weighted by Gasteiger charge is 2.52. The summed E-state index contributed by atoms with van der Waals surface area (Å²) < 4.78 is 41.8. The maximum atomic E-state index is 12.9. The predicted molar refractivity (Wildman–Crippen MR) is 187 cm³/mol. The van der Waals surface area contributed by atoms with Gasteiger partial charge in [-0.15, -0.1) is 0 Å². The zero-order valence-corrected chi connectivity index (χ0v) is 31.9. The Bertz CT molecular complexity index is 1210. The zero-order valence-electron chi connectivity index (χ0n) is 31.9. The van der Waals surface area contributed by atoms with Gasteiger partial charge in [0.1, 0.15) is 36.3 Å². The van der Waals surface area contributed by atoms with Crippen LogP contribution in [-0.4, -0.2) is 150 Å². The molecule has 0 aromatic heterocycles. The SMILES string of the molecule is COC1C(O)CC(=O)OC(C)C/C=C/C=C\C(O)C(C)CC(CC=O)C1OC1OC(C)C(OC2CC(C)(O)C(OC(C)=O)C(C)O2)C(N(C)C)C1O. The van der Waals surface area contributed by atoms with Crippen molar-refractivity contribution in [3.63, 3.8) is 0 Å². The fourth-order valence-corrected chi connectivity index (χ4v) is 7.43. The van der Waals surface area contributed by atoms with Crippen LogP contribution in [0.2, 0.25) is 0 Å². The fourth-order valence-electron chi connectivity index (χ4n) is 7.43. The van der Waals surface area contributed by atoms with Crippen LogP contribution in [0.25, 0.3) is 0 Å². The van der Waals surface area contributed by atoms with Crippen molar-refractivity contribution in [2.45, 2.75) is 159 Å². The summed E-state index contributed by atoms with van der Waals surface area (Å²) in [6, 6.07) is -0.749. The van der Waals surface area contributed by atoms with Gasteiger partial charge < -0.3 is 63.3 Å². The van der Waals surface area contributed by atoms with Gasteiger partial charge in [-0.25, -0.2) is 0 Å². The molecular weight excluding hydrogens is 682 g/mol. The van der Waals surface area contributed by atoms with E-state index in [1.54, 1.807) is 58.0 Å². The highest BCUT2D eigenvalue weighted by molar-refractivity contribution is 5.70. The van der Waals surface area contributed by atoms with Gasteiger partial charge in [-0.2, -0.15) is 0 Å². The van der Waals surface area contributed by atoms with Gasteiger partial charge in [0.15, 0.2) is 18.7 Å². The van der Waals surface area contributed by atoms with E-state index in [0.29, 0.717) is 12.7 Å². The summed E-state index contributed by atoms with van der Waals surface area (Å²) in [6.45, 7) is 9.74. The molecule has 0 saturated carbocycles. The molecule has 15 nitrogen and oxygen atoms in total. The molecule has 0 radical (unpaired) electrons. The standard InChI is InChI=1S/C37H61NO14/c1-20-17-25(15-16-39)33(34(46-9)27(42)18-28(43)47-21(2)13-11-10-12-14-26(20)41)52-36-31(44)30(38(7)8)32(22(3)49-36)51-29-19-37(6,45)35(23(4)48-29)50-24(5)40/h10-12,14,16,20-23,25-27,29-36,41-42,44-45H,13,15,17-19H2,1-9H3/b11-10+,14-12-. The lowest BCUT2D eigenvalue weighted by molar-refractivity contribution is -0.344. The van der Waals surface area contributed by atoms with Crippen LogP contribution in [0, 0.1) is 11.8 Å². The number of hydrogen-bond acceptors (Lipinski definition) is 15. The number of rotatable bonds is 9. The molecule has 52 heavy (non-hydrogen) atoms. The van der Waals surface area contributed by atoms with Gasteiger partial charge in [0, 0.05) is 33.3 Å². The summed E-state index contributed by atoms with van der Waals surface area (Å²) in [7, 11) is 4.84. The van der Waals surface area contributed by atoms with Crippen LogP contribution < -0.4 is 0 Å². The summed E-state index contributed by atoms with van der Waals surface area (Å²) in [5.74, 6) is -2.23. The number of allylic oxidation sites excluding steroid dienone is 2. The number of cyclic esters (lactones) is 1. The Morgan fingerprint density at radius 1 is 1.04 bits per heavy atom. The molecule has 3 rings (SSSR count). The first-order valence-electron chi connectivity index (χ1n) is 18.1. The highest BCUT2D eigenvalue weighted by atomic mass is 16.7. The molecule has 0 aromatic rings. The molecule has 298 valence electrons. The molecule has 0 bridgehead atoms. The highest BCUT2D eigenvalue weighted by Crippen LogP contribution is 2.37. The van der Waals surface area contributed by atoms with Crippen LogP contribution in [-0.2, 0) is 47.5 Å². The van der Waals surface area contributed by atoms with Crippen molar-refractivity contribution in [3.8, 4) is 0 Å². The Balaban J connectivity index is 1.93. The fraction of sp³-hybridized carbons (Fsp3) is 0.811. The molecule has 0 amide bonds. The van der Waals surface area contributed by atoms with E-state index in [1.807, 2.05) is 13.0 Å². The number of likely N-dealkylation sites (N-methyl/N-ethyl adjacent to an activating group) is 1. The van der Waals surface area contributed by atoms with Crippen LogP contribution in [0.1, 0.15) is 73.6 Å². The Labute approximate surface area is 307 Å². The van der Waals surface area contributed by atoms with E-state index in [2.05, 4.69) is 0 Å². The van der Waals surface area contributed by atoms with Crippen molar-refractivity contribution in [2.75, 3.05) is 21.2 Å². The molecule has 0 aromatic carbocycles. The Hall–Kier alpha value is -2.31. The average molecular weight is 744 g/mol. The second-order valence-corrected chi connectivity index (χ2v) is 14.9. The summed E-state index contributed by atoms with van der Waals surface area (Å²) in [5.41, 5.74) is -1.47. The van der Waals surface area contributed by atoms with Gasteiger partial charge in [-0.05, 0) is 60.0 Å². The van der Waals surface area contributed by atoms with E-state index in [4.69, 9.17) is 33.2 Å². The number of aliphatic hydroxyl groups is 4. The quantitative estimate of drug-likeness (QED) is 0.195. The van der Waals surface area contributed by atoms with Gasteiger partial charge in [-0.3, -0.25) is 9.59 Å². The third-order valence-electron chi connectivity index (χ3n) is 10.1. The lowest BCUT2D eigenvalue weighted by Crippen LogP contribution is -2.66. The maximum Gasteiger partial charge on any atom is 0.308 e. The van der Waals surface area contributed by atoms with Crippen molar-refractivity contribution in [1.82, 2.24) is 4.90 Å². The summed E-state index contributed by atoms with van der Waals surface area (Å²) in [4.78, 5) is 38.4. The average Bonchev–Trinajstić information content (AvgIpc) is 3.03. The first-order chi connectivity index (χ1) is 24.4. The molecule has 2 fully saturated rings. The second-order valence-electron chi connectivity index (χ2n) is 14.9. The largest absolute Gasteiger partial charge is 0.462 e. The minimum absolute atomic E-state index is 0.0335. The number of carbonyl (C=O) groups excluding carboxylic acids is 3. The van der Waals surface area contributed by atoms with Crippen LogP contribution >= 0.6 is 0 Å². The summed E-state index contributed by atoms with van der Waals surface area (Å²) >= 11 is 0. The van der Waals surface area contributed by atoms with Gasteiger partial charge in [-0.1, -0.05) is 31.2 Å².